The van der Waals surface area contributed by atoms with Crippen LogP contribution in [0.5, 0.6) is 11.5 Å². The quantitative estimate of drug-likeness (QED) is 0.409. The van der Waals surface area contributed by atoms with Gasteiger partial charge in [-0.15, -0.1) is 0 Å². The number of unbranched alkanes of at least 4 members (excludes halogenated alkanes) is 1. The zero-order chi connectivity index (χ0) is 24.9. The molecule has 8 heteroatoms. The van der Waals surface area contributed by atoms with E-state index < -0.39 is 0 Å². The van der Waals surface area contributed by atoms with Crippen LogP contribution >= 0.6 is 0 Å². The van der Waals surface area contributed by atoms with Crippen LogP contribution in [0.2, 0.25) is 0 Å². The highest BCUT2D eigenvalue weighted by molar-refractivity contribution is 5.84. The Morgan fingerprint density at radius 3 is 2.50 bits per heavy atom. The number of amides is 3. The molecule has 1 aromatic heterocycles. The van der Waals surface area contributed by atoms with Crippen molar-refractivity contribution in [2.75, 3.05) is 33.9 Å². The number of carbonyl (C=O) groups excluding carboxylic acids is 2. The Morgan fingerprint density at radius 1 is 1.12 bits per heavy atom. The number of carbonyl (C=O) groups is 2. The predicted molar refractivity (Wildman–Crippen MR) is 132 cm³/mol. The van der Waals surface area contributed by atoms with Gasteiger partial charge in [0.25, 0.3) is 0 Å². The molecule has 0 saturated carbocycles. The Morgan fingerprint density at radius 2 is 1.88 bits per heavy atom. The Bertz CT molecular complexity index is 885. The van der Waals surface area contributed by atoms with Gasteiger partial charge in [-0.1, -0.05) is 26.3 Å². The molecule has 1 N–H and O–H groups in total. The van der Waals surface area contributed by atoms with Crippen LogP contribution < -0.4 is 14.8 Å². The average Bonchev–Trinajstić information content (AvgIpc) is 3.37. The monoisotopic (exact) mass is 473 g/mol. The van der Waals surface area contributed by atoms with Crippen LogP contribution in [0.4, 0.5) is 4.79 Å². The van der Waals surface area contributed by atoms with E-state index in [1.54, 1.807) is 36.3 Å². The molecule has 0 fully saturated rings. The number of rotatable bonds is 14. The highest BCUT2D eigenvalue weighted by atomic mass is 16.5. The van der Waals surface area contributed by atoms with Crippen LogP contribution in [-0.2, 0) is 17.8 Å². The highest BCUT2D eigenvalue weighted by Crippen LogP contribution is 2.27. The van der Waals surface area contributed by atoms with Crippen molar-refractivity contribution >= 4 is 11.9 Å². The van der Waals surface area contributed by atoms with E-state index in [1.807, 2.05) is 38.1 Å². The molecule has 0 bridgehead atoms. The summed E-state index contributed by atoms with van der Waals surface area (Å²) >= 11 is 0. The summed E-state index contributed by atoms with van der Waals surface area (Å²) in [5, 5.41) is 2.94. The van der Waals surface area contributed by atoms with Crippen LogP contribution in [0.1, 0.15) is 51.4 Å². The van der Waals surface area contributed by atoms with Gasteiger partial charge in [-0.25, -0.2) is 4.79 Å². The molecule has 2 rings (SSSR count). The molecule has 34 heavy (non-hydrogen) atoms. The smallest absolute Gasteiger partial charge is 0.318 e. The van der Waals surface area contributed by atoms with Crippen LogP contribution in [0.25, 0.3) is 0 Å². The van der Waals surface area contributed by atoms with Crippen molar-refractivity contribution in [3.8, 4) is 11.5 Å². The summed E-state index contributed by atoms with van der Waals surface area (Å²) in [5.74, 6) is 1.88. The molecule has 0 saturated heterocycles. The van der Waals surface area contributed by atoms with Crippen LogP contribution in [0.15, 0.2) is 41.0 Å². The van der Waals surface area contributed by atoms with Gasteiger partial charge < -0.3 is 29.0 Å². The maximum atomic E-state index is 13.4. The van der Waals surface area contributed by atoms with Crippen LogP contribution in [0, 0.1) is 0 Å². The second kappa shape index (κ2) is 14.2. The fraction of sp³-hybridized carbons (Fsp3) is 0.538. The van der Waals surface area contributed by atoms with E-state index in [0.29, 0.717) is 43.3 Å². The van der Waals surface area contributed by atoms with Gasteiger partial charge in [0.1, 0.15) is 12.3 Å². The van der Waals surface area contributed by atoms with Crippen molar-refractivity contribution < 1.29 is 23.5 Å². The first kappa shape index (κ1) is 27.1. The summed E-state index contributed by atoms with van der Waals surface area (Å²) in [6.45, 7) is 7.48. The van der Waals surface area contributed by atoms with Crippen molar-refractivity contribution in [1.29, 1.82) is 0 Å². The molecule has 8 nitrogen and oxygen atoms in total. The number of nitrogens with one attached hydrogen (secondary N) is 1. The summed E-state index contributed by atoms with van der Waals surface area (Å²) < 4.78 is 16.2. The molecule has 0 spiro atoms. The topological polar surface area (TPSA) is 84.3 Å². The van der Waals surface area contributed by atoms with Gasteiger partial charge in [-0.2, -0.15) is 0 Å². The normalized spacial score (nSPS) is 11.6. The molecule has 1 heterocycles. The Kier molecular flexibility index (Phi) is 11.3. The van der Waals surface area contributed by atoms with Gasteiger partial charge in [0.05, 0.1) is 27.0 Å². The third-order valence-corrected chi connectivity index (χ3v) is 5.89. The first-order chi connectivity index (χ1) is 16.4. The second-order valence-corrected chi connectivity index (χ2v) is 8.30. The fourth-order valence-corrected chi connectivity index (χ4v) is 3.55. The molecule has 3 amide bonds. The van der Waals surface area contributed by atoms with Crippen molar-refractivity contribution in [1.82, 2.24) is 15.1 Å². The van der Waals surface area contributed by atoms with Gasteiger partial charge >= 0.3 is 6.03 Å². The van der Waals surface area contributed by atoms with Crippen molar-refractivity contribution in [3.63, 3.8) is 0 Å². The lowest BCUT2D eigenvalue weighted by Crippen LogP contribution is -2.50. The van der Waals surface area contributed by atoms with E-state index in [0.717, 1.165) is 24.8 Å². The highest BCUT2D eigenvalue weighted by Gasteiger charge is 2.25. The Balaban J connectivity index is 2.14. The zero-order valence-electron chi connectivity index (χ0n) is 21.1. The number of hydrogen-bond donors (Lipinski definition) is 1. The van der Waals surface area contributed by atoms with E-state index in [4.69, 9.17) is 13.9 Å². The van der Waals surface area contributed by atoms with E-state index >= 15 is 0 Å². The molecular weight excluding hydrogens is 434 g/mol. The molecule has 1 aromatic carbocycles. The van der Waals surface area contributed by atoms with E-state index in [9.17, 15) is 9.59 Å². The van der Waals surface area contributed by atoms with Crippen LogP contribution in [0.3, 0.4) is 0 Å². The fourth-order valence-electron chi connectivity index (χ4n) is 3.55. The minimum Gasteiger partial charge on any atom is -0.493 e. The molecule has 0 aliphatic rings. The molecule has 0 aliphatic carbocycles. The molecule has 2 aromatic rings. The molecule has 0 aliphatic heterocycles. The molecule has 1 unspecified atom stereocenters. The van der Waals surface area contributed by atoms with Crippen molar-refractivity contribution in [2.24, 2.45) is 0 Å². The Labute approximate surface area is 203 Å². The average molecular weight is 474 g/mol. The molecule has 188 valence electrons. The van der Waals surface area contributed by atoms with E-state index in [1.165, 1.54) is 0 Å². The van der Waals surface area contributed by atoms with E-state index in [2.05, 4.69) is 12.2 Å². The van der Waals surface area contributed by atoms with Gasteiger partial charge in [0.15, 0.2) is 11.5 Å². The lowest BCUT2D eigenvalue weighted by Gasteiger charge is -2.31. The minimum atomic E-state index is -0.200. The van der Waals surface area contributed by atoms with Gasteiger partial charge in [0.2, 0.25) is 5.91 Å². The maximum absolute atomic E-state index is 13.4. The van der Waals surface area contributed by atoms with Crippen LogP contribution in [-0.4, -0.2) is 61.6 Å². The standard InChI is InChI=1S/C26H39N3O5/c1-6-8-14-27-26(31)29(20(3)7-2)19-25(30)28(18-22-10-9-16-34-22)15-13-21-11-12-23(32-4)24(17-21)33-5/h9-12,16-17,20H,6-8,13-15,18-19H2,1-5H3,(H,27,31). The third kappa shape index (κ3) is 8.01. The lowest BCUT2D eigenvalue weighted by atomic mass is 10.1. The SMILES string of the molecule is CCCCNC(=O)N(CC(=O)N(CCc1ccc(OC)c(OC)c1)Cc1ccco1)C(C)CC. The number of hydrogen-bond acceptors (Lipinski definition) is 5. The number of benzene rings is 1. The predicted octanol–water partition coefficient (Wildman–Crippen LogP) is 4.48. The number of urea groups is 1. The van der Waals surface area contributed by atoms with Crippen molar-refractivity contribution in [2.45, 2.75) is 59.0 Å². The maximum Gasteiger partial charge on any atom is 0.318 e. The van der Waals surface area contributed by atoms with E-state index in [-0.39, 0.29) is 24.5 Å². The third-order valence-electron chi connectivity index (χ3n) is 5.89. The lowest BCUT2D eigenvalue weighted by molar-refractivity contribution is -0.133. The number of methoxy groups -OCH3 is 2. The second-order valence-electron chi connectivity index (χ2n) is 8.30. The van der Waals surface area contributed by atoms with Gasteiger partial charge in [0, 0.05) is 19.1 Å². The largest absolute Gasteiger partial charge is 0.493 e. The first-order valence-corrected chi connectivity index (χ1v) is 12.0. The number of furan rings is 1. The molecular formula is C26H39N3O5. The van der Waals surface area contributed by atoms with Gasteiger partial charge in [-0.05, 0) is 56.0 Å². The van der Waals surface area contributed by atoms with Gasteiger partial charge in [-0.3, -0.25) is 4.79 Å². The summed E-state index contributed by atoms with van der Waals surface area (Å²) in [5.41, 5.74) is 1.02. The number of ether oxygens (including phenoxy) is 2. The molecule has 0 radical (unpaired) electrons. The summed E-state index contributed by atoms with van der Waals surface area (Å²) in [4.78, 5) is 29.6. The summed E-state index contributed by atoms with van der Waals surface area (Å²) in [6, 6.07) is 9.14. The van der Waals surface area contributed by atoms with Crippen molar-refractivity contribution in [3.05, 3.63) is 47.9 Å². The first-order valence-electron chi connectivity index (χ1n) is 12.0. The minimum absolute atomic E-state index is 0.0135. The molecule has 1 atom stereocenters. The zero-order valence-corrected chi connectivity index (χ0v) is 21.1. The number of nitrogens with zero attached hydrogens (tertiary/aromatic N) is 2. The Hall–Kier alpha value is -3.16. The summed E-state index contributed by atoms with van der Waals surface area (Å²) in [7, 11) is 3.20. The summed E-state index contributed by atoms with van der Waals surface area (Å²) in [6.07, 6.45) is 4.88.